The molecule has 5 heteroatoms. The highest BCUT2D eigenvalue weighted by atomic mass is 16.6. The Bertz CT molecular complexity index is 520. The first-order valence-electron chi connectivity index (χ1n) is 9.46. The number of hydrogen-bond acceptors (Lipinski definition) is 4. The Morgan fingerprint density at radius 1 is 1.00 bits per heavy atom. The molecule has 5 nitrogen and oxygen atoms in total. The lowest BCUT2D eigenvalue weighted by Crippen LogP contribution is -2.42. The number of benzene rings is 1. The van der Waals surface area contributed by atoms with Gasteiger partial charge in [-0.25, -0.2) is 4.79 Å². The van der Waals surface area contributed by atoms with E-state index in [9.17, 15) is 9.90 Å². The van der Waals surface area contributed by atoms with Gasteiger partial charge < -0.3 is 19.5 Å². The van der Waals surface area contributed by atoms with Crippen molar-refractivity contribution in [1.29, 1.82) is 0 Å². The van der Waals surface area contributed by atoms with Gasteiger partial charge in [0.05, 0.1) is 12.2 Å². The highest BCUT2D eigenvalue weighted by Gasteiger charge is 2.28. The van der Waals surface area contributed by atoms with E-state index in [0.717, 1.165) is 44.1 Å². The highest BCUT2D eigenvalue weighted by Crippen LogP contribution is 2.28. The monoisotopic (exact) mass is 347 g/mol. The van der Waals surface area contributed by atoms with Crippen LogP contribution in [-0.4, -0.2) is 48.0 Å². The first-order valence-corrected chi connectivity index (χ1v) is 9.46. The normalized spacial score (nSPS) is 24.9. The molecule has 1 heterocycles. The van der Waals surface area contributed by atoms with Crippen LogP contribution in [0.2, 0.25) is 0 Å². The topological polar surface area (TPSA) is 59.0 Å². The minimum absolute atomic E-state index is 0.231. The molecule has 0 bridgehead atoms. The molecule has 0 aromatic heterocycles. The van der Waals surface area contributed by atoms with Gasteiger partial charge in [0.25, 0.3) is 0 Å². The summed E-state index contributed by atoms with van der Waals surface area (Å²) >= 11 is 0. The molecule has 1 aromatic carbocycles. The zero-order valence-electron chi connectivity index (χ0n) is 14.8. The van der Waals surface area contributed by atoms with E-state index in [1.165, 1.54) is 0 Å². The average molecular weight is 347 g/mol. The quantitative estimate of drug-likeness (QED) is 0.887. The van der Waals surface area contributed by atoms with E-state index in [2.05, 4.69) is 0 Å². The second-order valence-corrected chi connectivity index (χ2v) is 7.19. The first-order chi connectivity index (χ1) is 12.2. The lowest BCUT2D eigenvalue weighted by atomic mass is 9.88. The van der Waals surface area contributed by atoms with Crippen molar-refractivity contribution in [3.8, 4) is 0 Å². The molecule has 1 aromatic rings. The van der Waals surface area contributed by atoms with Crippen LogP contribution in [0.4, 0.5) is 4.79 Å². The summed E-state index contributed by atoms with van der Waals surface area (Å²) in [6.45, 7) is 2.02. The van der Waals surface area contributed by atoms with E-state index in [0.29, 0.717) is 38.3 Å². The SMILES string of the molecule is O=C(OCc1ccccc1)N1CCC(OC2CCC(CO)CC2)CC1. The Morgan fingerprint density at radius 3 is 2.28 bits per heavy atom. The van der Waals surface area contributed by atoms with Crippen LogP contribution in [0.3, 0.4) is 0 Å². The van der Waals surface area contributed by atoms with Crippen LogP contribution < -0.4 is 0 Å². The third-order valence-electron chi connectivity index (χ3n) is 5.34. The zero-order valence-corrected chi connectivity index (χ0v) is 14.8. The maximum absolute atomic E-state index is 12.2. The molecule has 1 amide bonds. The van der Waals surface area contributed by atoms with Crippen LogP contribution >= 0.6 is 0 Å². The lowest BCUT2D eigenvalue weighted by Gasteiger charge is -2.35. The highest BCUT2D eigenvalue weighted by molar-refractivity contribution is 5.67. The number of carbonyl (C=O) groups is 1. The standard InChI is InChI=1S/C20H29NO4/c22-14-16-6-8-18(9-7-16)25-19-10-12-21(13-11-19)20(23)24-15-17-4-2-1-3-5-17/h1-5,16,18-19,22H,6-15H2. The fraction of sp³-hybridized carbons (Fsp3) is 0.650. The van der Waals surface area contributed by atoms with Gasteiger partial charge in [-0.1, -0.05) is 30.3 Å². The molecule has 1 saturated heterocycles. The summed E-state index contributed by atoms with van der Waals surface area (Å²) in [7, 11) is 0. The molecule has 138 valence electrons. The van der Waals surface area contributed by atoms with Crippen LogP contribution in [0.25, 0.3) is 0 Å². The number of likely N-dealkylation sites (tertiary alicyclic amines) is 1. The molecule has 0 atom stereocenters. The van der Waals surface area contributed by atoms with Gasteiger partial charge >= 0.3 is 6.09 Å². The number of ether oxygens (including phenoxy) is 2. The molecular formula is C20H29NO4. The van der Waals surface area contributed by atoms with Crippen molar-refractivity contribution in [1.82, 2.24) is 4.90 Å². The number of aliphatic hydroxyl groups excluding tert-OH is 1. The Labute approximate surface area is 149 Å². The lowest BCUT2D eigenvalue weighted by molar-refractivity contribution is -0.0618. The Morgan fingerprint density at radius 2 is 1.64 bits per heavy atom. The zero-order chi connectivity index (χ0) is 17.5. The predicted molar refractivity (Wildman–Crippen MR) is 95.1 cm³/mol. The molecule has 1 saturated carbocycles. The fourth-order valence-electron chi connectivity index (χ4n) is 3.71. The average Bonchev–Trinajstić information content (AvgIpc) is 2.68. The van der Waals surface area contributed by atoms with Gasteiger partial charge in [0.2, 0.25) is 0 Å². The largest absolute Gasteiger partial charge is 0.445 e. The minimum Gasteiger partial charge on any atom is -0.445 e. The summed E-state index contributed by atoms with van der Waals surface area (Å²) in [5, 5.41) is 9.21. The molecule has 2 fully saturated rings. The summed E-state index contributed by atoms with van der Waals surface area (Å²) in [5.74, 6) is 0.459. The number of nitrogens with zero attached hydrogens (tertiary/aromatic N) is 1. The minimum atomic E-state index is -0.231. The first kappa shape index (κ1) is 18.2. The third kappa shape index (κ3) is 5.44. The summed E-state index contributed by atoms with van der Waals surface area (Å²) in [6.07, 6.45) is 6.30. The van der Waals surface area contributed by atoms with Gasteiger partial charge in [-0.3, -0.25) is 0 Å². The molecule has 1 aliphatic heterocycles. The second-order valence-electron chi connectivity index (χ2n) is 7.19. The van der Waals surface area contributed by atoms with Crippen LogP contribution in [-0.2, 0) is 16.1 Å². The van der Waals surface area contributed by atoms with E-state index in [4.69, 9.17) is 9.47 Å². The van der Waals surface area contributed by atoms with Crippen molar-refractivity contribution in [3.05, 3.63) is 35.9 Å². The molecule has 25 heavy (non-hydrogen) atoms. The molecule has 0 unspecified atom stereocenters. The fourth-order valence-corrected chi connectivity index (χ4v) is 3.71. The van der Waals surface area contributed by atoms with E-state index in [1.807, 2.05) is 30.3 Å². The number of amides is 1. The van der Waals surface area contributed by atoms with Crippen LogP contribution in [0.15, 0.2) is 30.3 Å². The Hall–Kier alpha value is -1.59. The number of piperidine rings is 1. The molecule has 0 radical (unpaired) electrons. The Kier molecular flexibility index (Phi) is 6.70. The van der Waals surface area contributed by atoms with Gasteiger partial charge in [0.1, 0.15) is 6.61 Å². The van der Waals surface area contributed by atoms with Crippen molar-refractivity contribution >= 4 is 6.09 Å². The third-order valence-corrected chi connectivity index (χ3v) is 5.34. The maximum Gasteiger partial charge on any atom is 0.410 e. The molecule has 1 N–H and O–H groups in total. The molecule has 2 aliphatic rings. The van der Waals surface area contributed by atoms with Crippen LogP contribution in [0.5, 0.6) is 0 Å². The summed E-state index contributed by atoms with van der Waals surface area (Å²) in [6, 6.07) is 9.75. The molecular weight excluding hydrogens is 318 g/mol. The van der Waals surface area contributed by atoms with Crippen molar-refractivity contribution in [2.75, 3.05) is 19.7 Å². The number of rotatable bonds is 5. The summed E-state index contributed by atoms with van der Waals surface area (Å²) in [5.41, 5.74) is 1.01. The van der Waals surface area contributed by atoms with Gasteiger partial charge in [0, 0.05) is 19.7 Å². The van der Waals surface area contributed by atoms with Gasteiger partial charge in [-0.05, 0) is 50.0 Å². The number of hydrogen-bond donors (Lipinski definition) is 1. The van der Waals surface area contributed by atoms with E-state index < -0.39 is 0 Å². The molecule has 0 spiro atoms. The van der Waals surface area contributed by atoms with Crippen molar-refractivity contribution < 1.29 is 19.4 Å². The van der Waals surface area contributed by atoms with E-state index in [1.54, 1.807) is 4.90 Å². The van der Waals surface area contributed by atoms with Gasteiger partial charge in [-0.15, -0.1) is 0 Å². The molecule has 1 aliphatic carbocycles. The second kappa shape index (κ2) is 9.20. The van der Waals surface area contributed by atoms with E-state index in [-0.39, 0.29) is 12.2 Å². The summed E-state index contributed by atoms with van der Waals surface area (Å²) in [4.78, 5) is 14.0. The predicted octanol–water partition coefficient (Wildman–Crippen LogP) is 3.36. The van der Waals surface area contributed by atoms with Gasteiger partial charge in [0.15, 0.2) is 0 Å². The van der Waals surface area contributed by atoms with Crippen molar-refractivity contribution in [2.45, 2.75) is 57.3 Å². The van der Waals surface area contributed by atoms with Crippen molar-refractivity contribution in [3.63, 3.8) is 0 Å². The van der Waals surface area contributed by atoms with Crippen molar-refractivity contribution in [2.24, 2.45) is 5.92 Å². The Balaban J connectivity index is 1.35. The number of carbonyl (C=O) groups excluding carboxylic acids is 1. The van der Waals surface area contributed by atoms with Crippen LogP contribution in [0.1, 0.15) is 44.1 Å². The van der Waals surface area contributed by atoms with Crippen LogP contribution in [0, 0.1) is 5.92 Å². The molecule has 3 rings (SSSR count). The summed E-state index contributed by atoms with van der Waals surface area (Å²) < 4.78 is 11.6. The maximum atomic E-state index is 12.2. The van der Waals surface area contributed by atoms with E-state index >= 15 is 0 Å². The van der Waals surface area contributed by atoms with Gasteiger partial charge in [-0.2, -0.15) is 0 Å². The smallest absolute Gasteiger partial charge is 0.410 e. The number of aliphatic hydroxyl groups is 1.